The highest BCUT2D eigenvalue weighted by Gasteiger charge is 2.26. The first-order valence-corrected chi connectivity index (χ1v) is 6.61. The van der Waals surface area contributed by atoms with Gasteiger partial charge in [0.05, 0.1) is 5.56 Å². The number of fused-ring (bicyclic) bond motifs is 1. The lowest BCUT2D eigenvalue weighted by Crippen LogP contribution is -1.97. The SMILES string of the molecule is O=C1/C(=C/c2ccc(I)cc2)Oc2ccccc21. The molecular formula is C15H9IO2. The Morgan fingerprint density at radius 3 is 2.44 bits per heavy atom. The number of ketones is 1. The van der Waals surface area contributed by atoms with E-state index in [0.717, 1.165) is 9.13 Å². The van der Waals surface area contributed by atoms with Crippen LogP contribution in [-0.4, -0.2) is 5.78 Å². The van der Waals surface area contributed by atoms with Gasteiger partial charge in [-0.3, -0.25) is 4.79 Å². The topological polar surface area (TPSA) is 26.3 Å². The molecule has 0 spiro atoms. The van der Waals surface area contributed by atoms with Gasteiger partial charge in [-0.1, -0.05) is 24.3 Å². The van der Waals surface area contributed by atoms with E-state index in [1.165, 1.54) is 0 Å². The molecule has 0 radical (unpaired) electrons. The van der Waals surface area contributed by atoms with E-state index in [1.54, 1.807) is 12.1 Å². The molecule has 1 aliphatic heterocycles. The van der Waals surface area contributed by atoms with E-state index in [0.29, 0.717) is 17.1 Å². The molecule has 0 fully saturated rings. The molecule has 1 heterocycles. The molecule has 0 saturated carbocycles. The first-order chi connectivity index (χ1) is 8.74. The molecule has 0 bridgehead atoms. The van der Waals surface area contributed by atoms with Gasteiger partial charge >= 0.3 is 0 Å². The van der Waals surface area contributed by atoms with Gasteiger partial charge in [-0.25, -0.2) is 0 Å². The third kappa shape index (κ3) is 2.06. The number of hydrogen-bond acceptors (Lipinski definition) is 2. The number of halogens is 1. The Hall–Kier alpha value is -1.62. The number of ether oxygens (including phenoxy) is 1. The van der Waals surface area contributed by atoms with Gasteiger partial charge in [0.2, 0.25) is 5.78 Å². The lowest BCUT2D eigenvalue weighted by atomic mass is 10.1. The van der Waals surface area contributed by atoms with E-state index in [1.807, 2.05) is 42.5 Å². The van der Waals surface area contributed by atoms with E-state index >= 15 is 0 Å². The summed E-state index contributed by atoms with van der Waals surface area (Å²) in [5.74, 6) is 0.973. The Balaban J connectivity index is 1.97. The van der Waals surface area contributed by atoms with Crippen molar-refractivity contribution >= 4 is 34.5 Å². The van der Waals surface area contributed by atoms with Gasteiger partial charge in [-0.2, -0.15) is 0 Å². The first-order valence-electron chi connectivity index (χ1n) is 5.53. The minimum Gasteiger partial charge on any atom is -0.452 e. The maximum absolute atomic E-state index is 12.1. The number of rotatable bonds is 1. The van der Waals surface area contributed by atoms with Gasteiger partial charge in [0, 0.05) is 3.57 Å². The van der Waals surface area contributed by atoms with Crippen LogP contribution in [-0.2, 0) is 0 Å². The van der Waals surface area contributed by atoms with Gasteiger partial charge in [0.25, 0.3) is 0 Å². The van der Waals surface area contributed by atoms with Crippen LogP contribution in [0.4, 0.5) is 0 Å². The molecule has 88 valence electrons. The average Bonchev–Trinajstić information content (AvgIpc) is 2.70. The number of benzene rings is 2. The van der Waals surface area contributed by atoms with E-state index in [2.05, 4.69) is 22.6 Å². The van der Waals surface area contributed by atoms with Crippen LogP contribution in [0, 0.1) is 3.57 Å². The zero-order chi connectivity index (χ0) is 12.5. The quantitative estimate of drug-likeness (QED) is 0.577. The molecule has 0 atom stereocenters. The highest BCUT2D eigenvalue weighted by molar-refractivity contribution is 14.1. The number of para-hydroxylation sites is 1. The molecule has 18 heavy (non-hydrogen) atoms. The number of carbonyl (C=O) groups excluding carboxylic acids is 1. The fourth-order valence-electron chi connectivity index (χ4n) is 1.85. The van der Waals surface area contributed by atoms with Gasteiger partial charge < -0.3 is 4.74 Å². The van der Waals surface area contributed by atoms with Crippen LogP contribution in [0.2, 0.25) is 0 Å². The standard InChI is InChI=1S/C15H9IO2/c16-11-7-5-10(6-8-11)9-14-15(17)12-3-1-2-4-13(12)18-14/h1-9H/b14-9-. The summed E-state index contributed by atoms with van der Waals surface area (Å²) in [7, 11) is 0. The van der Waals surface area contributed by atoms with Crippen LogP contribution in [0.15, 0.2) is 54.3 Å². The van der Waals surface area contributed by atoms with Crippen molar-refractivity contribution in [3.8, 4) is 5.75 Å². The number of allylic oxidation sites excluding steroid dienone is 1. The fourth-order valence-corrected chi connectivity index (χ4v) is 2.21. The van der Waals surface area contributed by atoms with Crippen LogP contribution in [0.25, 0.3) is 6.08 Å². The zero-order valence-electron chi connectivity index (χ0n) is 9.39. The minimum absolute atomic E-state index is 0.0517. The minimum atomic E-state index is -0.0517. The second-order valence-electron chi connectivity index (χ2n) is 3.99. The van der Waals surface area contributed by atoms with Gasteiger partial charge in [-0.05, 0) is 58.5 Å². The monoisotopic (exact) mass is 348 g/mol. The predicted molar refractivity (Wildman–Crippen MR) is 78.5 cm³/mol. The van der Waals surface area contributed by atoms with Gasteiger partial charge in [0.1, 0.15) is 5.75 Å². The van der Waals surface area contributed by atoms with Crippen molar-refractivity contribution in [2.45, 2.75) is 0 Å². The largest absolute Gasteiger partial charge is 0.452 e. The summed E-state index contributed by atoms with van der Waals surface area (Å²) in [5.41, 5.74) is 1.60. The normalized spacial score (nSPS) is 15.6. The predicted octanol–water partition coefficient (Wildman–Crippen LogP) is 3.91. The molecule has 2 nitrogen and oxygen atoms in total. The Kier molecular flexibility index (Phi) is 2.91. The van der Waals surface area contributed by atoms with Crippen molar-refractivity contribution in [1.82, 2.24) is 0 Å². The number of carbonyl (C=O) groups is 1. The van der Waals surface area contributed by atoms with E-state index in [9.17, 15) is 4.79 Å². The first kappa shape index (κ1) is 11.5. The lowest BCUT2D eigenvalue weighted by Gasteiger charge is -1.98. The Bertz CT molecular complexity index is 642. The molecule has 0 amide bonds. The summed E-state index contributed by atoms with van der Waals surface area (Å²) in [4.78, 5) is 12.1. The molecule has 0 unspecified atom stereocenters. The maximum Gasteiger partial charge on any atom is 0.231 e. The summed E-state index contributed by atoms with van der Waals surface area (Å²) in [5, 5.41) is 0. The molecule has 3 rings (SSSR count). The average molecular weight is 348 g/mol. The van der Waals surface area contributed by atoms with Crippen LogP contribution in [0.1, 0.15) is 15.9 Å². The number of Topliss-reactive ketones (excluding diaryl/α,β-unsaturated/α-hetero) is 1. The molecule has 2 aromatic carbocycles. The van der Waals surface area contributed by atoms with Crippen molar-refractivity contribution in [3.05, 3.63) is 69.0 Å². The highest BCUT2D eigenvalue weighted by Crippen LogP contribution is 2.31. The fraction of sp³-hybridized carbons (Fsp3) is 0. The van der Waals surface area contributed by atoms with Crippen molar-refractivity contribution in [3.63, 3.8) is 0 Å². The summed E-state index contributed by atoms with van der Waals surface area (Å²) in [6.07, 6.45) is 1.78. The van der Waals surface area contributed by atoms with E-state index < -0.39 is 0 Å². The number of hydrogen-bond donors (Lipinski definition) is 0. The van der Waals surface area contributed by atoms with Crippen LogP contribution < -0.4 is 4.74 Å². The molecule has 2 aromatic rings. The van der Waals surface area contributed by atoms with Gasteiger partial charge in [0.15, 0.2) is 5.76 Å². The second-order valence-corrected chi connectivity index (χ2v) is 5.23. The van der Waals surface area contributed by atoms with E-state index in [-0.39, 0.29) is 5.78 Å². The van der Waals surface area contributed by atoms with Crippen LogP contribution in [0.3, 0.4) is 0 Å². The van der Waals surface area contributed by atoms with Crippen molar-refractivity contribution in [2.24, 2.45) is 0 Å². The maximum atomic E-state index is 12.1. The summed E-state index contributed by atoms with van der Waals surface area (Å²) < 4.78 is 6.73. The van der Waals surface area contributed by atoms with Crippen molar-refractivity contribution < 1.29 is 9.53 Å². The van der Waals surface area contributed by atoms with Gasteiger partial charge in [-0.15, -0.1) is 0 Å². The molecule has 1 aliphatic rings. The molecule has 0 aliphatic carbocycles. The van der Waals surface area contributed by atoms with Crippen molar-refractivity contribution in [2.75, 3.05) is 0 Å². The second kappa shape index (κ2) is 4.57. The van der Waals surface area contributed by atoms with E-state index in [4.69, 9.17) is 4.74 Å². The van der Waals surface area contributed by atoms with Crippen molar-refractivity contribution in [1.29, 1.82) is 0 Å². The third-order valence-electron chi connectivity index (χ3n) is 2.74. The summed E-state index contributed by atoms with van der Waals surface area (Å²) >= 11 is 2.25. The molecule has 0 N–H and O–H groups in total. The zero-order valence-corrected chi connectivity index (χ0v) is 11.5. The molecular weight excluding hydrogens is 339 g/mol. The van der Waals surface area contributed by atoms with Crippen LogP contribution in [0.5, 0.6) is 5.75 Å². The molecule has 3 heteroatoms. The third-order valence-corrected chi connectivity index (χ3v) is 3.46. The Labute approximate surface area is 118 Å². The Morgan fingerprint density at radius 1 is 1.00 bits per heavy atom. The Morgan fingerprint density at radius 2 is 1.72 bits per heavy atom. The summed E-state index contributed by atoms with van der Waals surface area (Å²) in [6.45, 7) is 0. The molecule has 0 saturated heterocycles. The molecule has 0 aromatic heterocycles. The van der Waals surface area contributed by atoms with Crippen LogP contribution >= 0.6 is 22.6 Å². The lowest BCUT2D eigenvalue weighted by molar-refractivity contribution is 0.101. The summed E-state index contributed by atoms with van der Waals surface area (Å²) in [6, 6.07) is 15.2. The highest BCUT2D eigenvalue weighted by atomic mass is 127. The smallest absolute Gasteiger partial charge is 0.231 e.